The van der Waals surface area contributed by atoms with Crippen LogP contribution in [0, 0.1) is 0 Å². The average molecular weight is 87.1 g/mol. The molecule has 0 saturated carbocycles. The number of hydrogen-bond donors (Lipinski definition) is 1. The van der Waals surface area contributed by atoms with E-state index in [1.54, 1.807) is 0 Å². The first-order valence-corrected chi connectivity index (χ1v) is 0.402. The Kier molecular flexibility index (Phi) is 20.1. The van der Waals surface area contributed by atoms with Crippen LogP contribution in [0.1, 0.15) is 0 Å². The quantitative estimate of drug-likeness (QED) is 0.183. The van der Waals surface area contributed by atoms with Crippen LogP contribution in [-0.2, 0) is 4.99 Å². The summed E-state index contributed by atoms with van der Waals surface area (Å²) in [5, 5.41) is 8.21. The summed E-state index contributed by atoms with van der Waals surface area (Å²) < 4.78 is 0. The van der Waals surface area contributed by atoms with Gasteiger partial charge in [0.15, 0.2) is 0 Å². The molecule has 0 radical (unpaired) electrons. The van der Waals surface area contributed by atoms with Crippen molar-refractivity contribution in [3.8, 4) is 0 Å². The van der Waals surface area contributed by atoms with Gasteiger partial charge in [-0.3, -0.25) is 0 Å². The molecule has 0 amide bonds. The Morgan fingerprint density at radius 1 is 1.75 bits per heavy atom. The SMILES string of the molecule is NO[O-].[K+]. The second kappa shape index (κ2) is 8.82. The number of nitrogens with two attached hydrogens (primary N) is 1. The van der Waals surface area contributed by atoms with E-state index < -0.39 is 0 Å². The fourth-order valence-electron chi connectivity index (χ4n) is 0. The summed E-state index contributed by atoms with van der Waals surface area (Å²) in [4.78, 5) is 2.50. The number of rotatable bonds is 0. The van der Waals surface area contributed by atoms with E-state index in [0.717, 1.165) is 0 Å². The molecule has 2 N–H and O–H groups in total. The first-order valence-electron chi connectivity index (χ1n) is 0.402. The molecule has 0 aliphatic carbocycles. The van der Waals surface area contributed by atoms with Gasteiger partial charge in [-0.25, -0.2) is 5.90 Å². The molecule has 0 bridgehead atoms. The van der Waals surface area contributed by atoms with E-state index in [-0.39, 0.29) is 51.4 Å². The van der Waals surface area contributed by atoms with Crippen molar-refractivity contribution in [2.75, 3.05) is 0 Å². The standard InChI is InChI=1S/K.H3NO2/c;1-3-2/h;2H,1H2/q+1;/p-1. The van der Waals surface area contributed by atoms with Gasteiger partial charge in [0.1, 0.15) is 0 Å². The minimum Gasteiger partial charge on any atom is -0.704 e. The van der Waals surface area contributed by atoms with Crippen LogP contribution in [0.2, 0.25) is 0 Å². The molecule has 0 aliphatic heterocycles. The topological polar surface area (TPSA) is 58.3 Å². The van der Waals surface area contributed by atoms with Crippen molar-refractivity contribution in [3.05, 3.63) is 0 Å². The summed E-state index contributed by atoms with van der Waals surface area (Å²) in [7, 11) is 0. The molecule has 0 aromatic rings. The summed E-state index contributed by atoms with van der Waals surface area (Å²) >= 11 is 0. The molecule has 0 spiro atoms. The van der Waals surface area contributed by atoms with Crippen molar-refractivity contribution in [3.63, 3.8) is 0 Å². The molecular formula is H2KNO2. The van der Waals surface area contributed by atoms with E-state index in [4.69, 9.17) is 5.26 Å². The fourth-order valence-corrected chi connectivity index (χ4v) is 0. The molecule has 0 heterocycles. The Hall–Kier alpha value is 1.52. The van der Waals surface area contributed by atoms with Crippen LogP contribution in [0.3, 0.4) is 0 Å². The van der Waals surface area contributed by atoms with Crippen LogP contribution < -0.4 is 62.5 Å². The van der Waals surface area contributed by atoms with Gasteiger partial charge in [-0.1, -0.05) is 0 Å². The average Bonchev–Trinajstić information content (AvgIpc) is 0.918. The van der Waals surface area contributed by atoms with Crippen LogP contribution in [0.5, 0.6) is 0 Å². The monoisotopic (exact) mass is 87.0 g/mol. The normalized spacial score (nSPS) is 4.50. The van der Waals surface area contributed by atoms with Crippen molar-refractivity contribution in [2.24, 2.45) is 5.90 Å². The second-order valence-corrected chi connectivity index (χ2v) is 0.0962. The summed E-state index contributed by atoms with van der Waals surface area (Å²) in [5.74, 6) is 3.79. The van der Waals surface area contributed by atoms with Crippen LogP contribution >= 0.6 is 0 Å². The van der Waals surface area contributed by atoms with Crippen LogP contribution in [-0.4, -0.2) is 0 Å². The molecule has 4 heteroatoms. The molecule has 0 aliphatic rings. The first kappa shape index (κ1) is 9.10. The van der Waals surface area contributed by atoms with E-state index in [1.165, 1.54) is 0 Å². The molecule has 0 rings (SSSR count). The van der Waals surface area contributed by atoms with Crippen molar-refractivity contribution in [1.29, 1.82) is 0 Å². The molecule has 4 heavy (non-hydrogen) atoms. The Balaban J connectivity index is 0. The molecule has 0 unspecified atom stereocenters. The van der Waals surface area contributed by atoms with Gasteiger partial charge in [0.05, 0.1) is 0 Å². The largest absolute Gasteiger partial charge is 1.00 e. The minimum absolute atomic E-state index is 0. The summed E-state index contributed by atoms with van der Waals surface area (Å²) in [5.41, 5.74) is 0. The zero-order valence-corrected chi connectivity index (χ0v) is 5.52. The summed E-state index contributed by atoms with van der Waals surface area (Å²) in [6.45, 7) is 0. The predicted octanol–water partition coefficient (Wildman–Crippen LogP) is -4.84. The fraction of sp³-hybridized carbons (Fsp3) is 0. The Labute approximate surface area is 66.4 Å². The van der Waals surface area contributed by atoms with Crippen molar-refractivity contribution < 1.29 is 61.6 Å². The van der Waals surface area contributed by atoms with Gasteiger partial charge < -0.3 is 10.2 Å². The molecule has 0 atom stereocenters. The third-order valence-electron chi connectivity index (χ3n) is 0. The van der Waals surface area contributed by atoms with E-state index >= 15 is 0 Å². The second-order valence-electron chi connectivity index (χ2n) is 0.0962. The first-order chi connectivity index (χ1) is 1.41. The van der Waals surface area contributed by atoms with E-state index in [2.05, 4.69) is 10.9 Å². The molecule has 0 saturated heterocycles. The van der Waals surface area contributed by atoms with E-state index in [1.807, 2.05) is 0 Å². The molecule has 0 aromatic heterocycles. The third kappa shape index (κ3) is 9.68. The maximum absolute atomic E-state index is 8.21. The molecule has 3 nitrogen and oxygen atoms in total. The maximum atomic E-state index is 8.21. The van der Waals surface area contributed by atoms with Crippen LogP contribution in [0.4, 0.5) is 0 Å². The van der Waals surface area contributed by atoms with Gasteiger partial charge in [0.2, 0.25) is 0 Å². The van der Waals surface area contributed by atoms with Crippen molar-refractivity contribution in [2.45, 2.75) is 0 Å². The summed E-state index contributed by atoms with van der Waals surface area (Å²) in [6, 6.07) is 0. The third-order valence-corrected chi connectivity index (χ3v) is 0. The van der Waals surface area contributed by atoms with E-state index in [9.17, 15) is 0 Å². The molecular weight excluding hydrogens is 85.1 g/mol. The van der Waals surface area contributed by atoms with E-state index in [0.29, 0.717) is 0 Å². The van der Waals surface area contributed by atoms with Gasteiger partial charge in [0, 0.05) is 0 Å². The van der Waals surface area contributed by atoms with Crippen LogP contribution in [0.25, 0.3) is 0 Å². The van der Waals surface area contributed by atoms with Gasteiger partial charge in [-0.15, -0.1) is 0 Å². The minimum atomic E-state index is 0. The maximum Gasteiger partial charge on any atom is 1.00 e. The molecule has 0 aromatic carbocycles. The number of hydrogen-bond acceptors (Lipinski definition) is 3. The van der Waals surface area contributed by atoms with Crippen molar-refractivity contribution in [1.82, 2.24) is 0 Å². The Morgan fingerprint density at radius 3 is 1.75 bits per heavy atom. The molecule has 0 fully saturated rings. The van der Waals surface area contributed by atoms with Crippen molar-refractivity contribution >= 4 is 0 Å². The molecule has 20 valence electrons. The Morgan fingerprint density at radius 2 is 1.75 bits per heavy atom. The predicted molar refractivity (Wildman–Crippen MR) is 5.27 cm³/mol. The zero-order chi connectivity index (χ0) is 2.71. The van der Waals surface area contributed by atoms with Crippen LogP contribution in [0.15, 0.2) is 0 Å². The van der Waals surface area contributed by atoms with Gasteiger partial charge in [-0.2, -0.15) is 0 Å². The van der Waals surface area contributed by atoms with Gasteiger partial charge >= 0.3 is 51.4 Å². The Bertz CT molecular complexity index is 6.00. The van der Waals surface area contributed by atoms with Gasteiger partial charge in [0.25, 0.3) is 0 Å². The zero-order valence-electron chi connectivity index (χ0n) is 2.39. The summed E-state index contributed by atoms with van der Waals surface area (Å²) in [6.07, 6.45) is 0. The van der Waals surface area contributed by atoms with Gasteiger partial charge in [-0.05, 0) is 0 Å². The smallest absolute Gasteiger partial charge is 0.704 e.